The molecular weight excluding hydrogens is 506 g/mol. The van der Waals surface area contributed by atoms with Gasteiger partial charge < -0.3 is 4.74 Å². The van der Waals surface area contributed by atoms with Gasteiger partial charge in [0.05, 0.1) is 17.0 Å². The second-order valence-electron chi connectivity index (χ2n) is 3.92. The molecule has 0 aliphatic rings. The van der Waals surface area contributed by atoms with E-state index < -0.39 is 0 Å². The molecule has 100 valence electrons. The summed E-state index contributed by atoms with van der Waals surface area (Å²) in [6.45, 7) is 0. The molecule has 2 aromatic carbocycles. The number of methoxy groups -OCH3 is 1. The molecule has 0 aliphatic carbocycles. The van der Waals surface area contributed by atoms with E-state index in [0.29, 0.717) is 10.8 Å². The van der Waals surface area contributed by atoms with Crippen LogP contribution in [-0.2, 0) is 0 Å². The molecule has 0 spiro atoms. The van der Waals surface area contributed by atoms with Gasteiger partial charge in [-0.3, -0.25) is 0 Å². The van der Waals surface area contributed by atoms with Crippen LogP contribution < -0.4 is 4.74 Å². The van der Waals surface area contributed by atoms with Crippen LogP contribution in [0.3, 0.4) is 0 Å². The molecule has 2 rings (SSSR count). The van der Waals surface area contributed by atoms with Gasteiger partial charge in [-0.25, -0.2) is 0 Å². The summed E-state index contributed by atoms with van der Waals surface area (Å²) in [4.78, 5) is 0.0975. The lowest BCUT2D eigenvalue weighted by molar-refractivity contribution is 0.415. The first-order chi connectivity index (χ1) is 9.02. The van der Waals surface area contributed by atoms with Crippen LogP contribution in [0.4, 0.5) is 0 Å². The average Bonchev–Trinajstić information content (AvgIpc) is 2.40. The van der Waals surface area contributed by atoms with Crippen molar-refractivity contribution >= 4 is 66.1 Å². The quantitative estimate of drug-likeness (QED) is 0.349. The number of ether oxygens (including phenoxy) is 1. The second-order valence-corrected chi connectivity index (χ2v) is 7.32. The van der Waals surface area contributed by atoms with Crippen molar-refractivity contribution in [1.82, 2.24) is 0 Å². The smallest absolute Gasteiger partial charge is 0.137 e. The Labute approximate surface area is 148 Å². The molecular formula is C14H10Br2ClIO. The molecule has 1 unspecified atom stereocenters. The van der Waals surface area contributed by atoms with E-state index in [4.69, 9.17) is 16.3 Å². The number of hydrogen-bond donors (Lipinski definition) is 0. The lowest BCUT2D eigenvalue weighted by Gasteiger charge is -2.14. The highest BCUT2D eigenvalue weighted by atomic mass is 127. The molecule has 0 bridgehead atoms. The first-order valence-electron chi connectivity index (χ1n) is 5.45. The van der Waals surface area contributed by atoms with Gasteiger partial charge in [-0.2, -0.15) is 0 Å². The van der Waals surface area contributed by atoms with Gasteiger partial charge in [0.25, 0.3) is 0 Å². The summed E-state index contributed by atoms with van der Waals surface area (Å²) < 4.78 is 7.44. The standard InChI is InChI=1S/C14H10Br2ClIO/c1-19-13-5-2-8(6-11(13)17)14(16)10-7-9(15)3-4-12(10)18/h2-7,14H,1H3. The lowest BCUT2D eigenvalue weighted by Crippen LogP contribution is -1.96. The van der Waals surface area contributed by atoms with Crippen molar-refractivity contribution in [1.29, 1.82) is 0 Å². The van der Waals surface area contributed by atoms with Crippen LogP contribution in [0.15, 0.2) is 40.9 Å². The van der Waals surface area contributed by atoms with Crippen molar-refractivity contribution < 1.29 is 4.74 Å². The van der Waals surface area contributed by atoms with E-state index in [9.17, 15) is 0 Å². The molecule has 0 N–H and O–H groups in total. The summed E-state index contributed by atoms with van der Waals surface area (Å²) in [7, 11) is 1.61. The van der Waals surface area contributed by atoms with Gasteiger partial charge >= 0.3 is 0 Å². The van der Waals surface area contributed by atoms with Crippen molar-refractivity contribution in [2.45, 2.75) is 4.83 Å². The number of alkyl halides is 1. The molecule has 0 saturated carbocycles. The topological polar surface area (TPSA) is 9.23 Å². The zero-order valence-electron chi connectivity index (χ0n) is 9.96. The van der Waals surface area contributed by atoms with Gasteiger partial charge in [-0.15, -0.1) is 0 Å². The van der Waals surface area contributed by atoms with Gasteiger partial charge in [-0.1, -0.05) is 49.5 Å². The molecule has 0 aromatic heterocycles. The minimum atomic E-state index is 0.0975. The Morgan fingerprint density at radius 1 is 1.21 bits per heavy atom. The van der Waals surface area contributed by atoms with Crippen LogP contribution in [0, 0.1) is 3.57 Å². The highest BCUT2D eigenvalue weighted by Crippen LogP contribution is 2.37. The Morgan fingerprint density at radius 3 is 2.58 bits per heavy atom. The number of hydrogen-bond acceptors (Lipinski definition) is 1. The predicted molar refractivity (Wildman–Crippen MR) is 95.6 cm³/mol. The maximum absolute atomic E-state index is 6.18. The Bertz CT molecular complexity index is 604. The third-order valence-corrected chi connectivity index (χ3v) is 5.49. The molecule has 1 atom stereocenters. The summed E-state index contributed by atoms with van der Waals surface area (Å²) in [5.74, 6) is 0.689. The summed E-state index contributed by atoms with van der Waals surface area (Å²) in [5.41, 5.74) is 2.30. The van der Waals surface area contributed by atoms with E-state index in [2.05, 4.69) is 66.6 Å². The summed E-state index contributed by atoms with van der Waals surface area (Å²) in [5, 5.41) is 0.620. The number of halogens is 4. The van der Waals surface area contributed by atoms with Crippen LogP contribution in [0.2, 0.25) is 5.02 Å². The van der Waals surface area contributed by atoms with Gasteiger partial charge in [0, 0.05) is 8.04 Å². The lowest BCUT2D eigenvalue weighted by atomic mass is 10.0. The van der Waals surface area contributed by atoms with Gasteiger partial charge in [0.1, 0.15) is 5.75 Å². The van der Waals surface area contributed by atoms with E-state index in [1.54, 1.807) is 7.11 Å². The largest absolute Gasteiger partial charge is 0.495 e. The van der Waals surface area contributed by atoms with E-state index in [-0.39, 0.29) is 4.83 Å². The molecule has 0 radical (unpaired) electrons. The summed E-state index contributed by atoms with van der Waals surface area (Å²) in [6.07, 6.45) is 0. The maximum atomic E-state index is 6.18. The predicted octanol–water partition coefficient (Wildman–Crippen LogP) is 6.20. The third-order valence-electron chi connectivity index (χ3n) is 2.70. The van der Waals surface area contributed by atoms with Gasteiger partial charge in [0.2, 0.25) is 0 Å². The molecule has 0 aliphatic heterocycles. The average molecular weight is 516 g/mol. The van der Waals surface area contributed by atoms with Crippen molar-refractivity contribution in [3.05, 3.63) is 60.6 Å². The summed E-state index contributed by atoms with van der Waals surface area (Å²) in [6, 6.07) is 12.1. The van der Waals surface area contributed by atoms with Crippen molar-refractivity contribution in [2.24, 2.45) is 0 Å². The Hall–Kier alpha value is 0.220. The van der Waals surface area contributed by atoms with Gasteiger partial charge in [-0.05, 0) is 64.0 Å². The maximum Gasteiger partial charge on any atom is 0.137 e. The SMILES string of the molecule is COc1ccc(C(Br)c2cc(Br)ccc2I)cc1Cl. The molecule has 1 nitrogen and oxygen atoms in total. The molecule has 2 aromatic rings. The summed E-state index contributed by atoms with van der Waals surface area (Å²) >= 11 is 15.7. The zero-order valence-corrected chi connectivity index (χ0v) is 16.0. The second kappa shape index (κ2) is 6.78. The van der Waals surface area contributed by atoms with Crippen LogP contribution >= 0.6 is 66.1 Å². The molecule has 19 heavy (non-hydrogen) atoms. The van der Waals surface area contributed by atoms with Crippen LogP contribution in [0.1, 0.15) is 16.0 Å². The Balaban J connectivity index is 2.41. The number of rotatable bonds is 3. The van der Waals surface area contributed by atoms with E-state index >= 15 is 0 Å². The van der Waals surface area contributed by atoms with Crippen LogP contribution in [-0.4, -0.2) is 7.11 Å². The fourth-order valence-electron chi connectivity index (χ4n) is 1.73. The van der Waals surface area contributed by atoms with E-state index in [0.717, 1.165) is 10.0 Å². The Morgan fingerprint density at radius 2 is 1.95 bits per heavy atom. The molecule has 0 saturated heterocycles. The first kappa shape index (κ1) is 15.6. The highest BCUT2D eigenvalue weighted by molar-refractivity contribution is 14.1. The van der Waals surface area contributed by atoms with Crippen LogP contribution in [0.25, 0.3) is 0 Å². The first-order valence-corrected chi connectivity index (χ1v) is 8.62. The molecule has 0 amide bonds. The molecule has 5 heteroatoms. The molecule has 0 fully saturated rings. The Kier molecular flexibility index (Phi) is 5.57. The van der Waals surface area contributed by atoms with Crippen molar-refractivity contribution in [2.75, 3.05) is 7.11 Å². The molecule has 0 heterocycles. The van der Waals surface area contributed by atoms with Crippen molar-refractivity contribution in [3.8, 4) is 5.75 Å². The monoisotopic (exact) mass is 514 g/mol. The van der Waals surface area contributed by atoms with Crippen LogP contribution in [0.5, 0.6) is 5.75 Å². The highest BCUT2D eigenvalue weighted by Gasteiger charge is 2.15. The van der Waals surface area contributed by atoms with E-state index in [1.807, 2.05) is 24.3 Å². The van der Waals surface area contributed by atoms with Gasteiger partial charge in [0.15, 0.2) is 0 Å². The minimum Gasteiger partial charge on any atom is -0.495 e. The number of benzene rings is 2. The fourth-order valence-corrected chi connectivity index (χ4v) is 4.11. The van der Waals surface area contributed by atoms with E-state index in [1.165, 1.54) is 9.13 Å². The third kappa shape index (κ3) is 3.65. The fraction of sp³-hybridized carbons (Fsp3) is 0.143. The van der Waals surface area contributed by atoms with Crippen molar-refractivity contribution in [3.63, 3.8) is 0 Å². The minimum absolute atomic E-state index is 0.0975. The normalized spacial score (nSPS) is 12.3. The zero-order chi connectivity index (χ0) is 14.0.